The number of methoxy groups -OCH3 is 1. The highest BCUT2D eigenvalue weighted by atomic mass is 16.5. The molecule has 3 aromatic rings. The second kappa shape index (κ2) is 7.65. The van der Waals surface area contributed by atoms with Crippen LogP contribution in [0.25, 0.3) is 0 Å². The second-order valence-electron chi connectivity index (χ2n) is 5.78. The minimum atomic E-state index is -0.379. The van der Waals surface area contributed by atoms with Gasteiger partial charge in [-0.2, -0.15) is 0 Å². The Balaban J connectivity index is 1.64. The fourth-order valence-corrected chi connectivity index (χ4v) is 2.42. The van der Waals surface area contributed by atoms with E-state index in [1.807, 2.05) is 0 Å². The smallest absolute Gasteiger partial charge is 0.291 e. The van der Waals surface area contributed by atoms with Gasteiger partial charge in [0.25, 0.3) is 11.8 Å². The molecule has 0 aliphatic rings. The third-order valence-corrected chi connectivity index (χ3v) is 3.81. The average molecular weight is 366 g/mol. The zero-order chi connectivity index (χ0) is 19.4. The van der Waals surface area contributed by atoms with Crippen molar-refractivity contribution in [3.63, 3.8) is 0 Å². The van der Waals surface area contributed by atoms with E-state index in [-0.39, 0.29) is 23.3 Å². The second-order valence-corrected chi connectivity index (χ2v) is 5.78. The van der Waals surface area contributed by atoms with Crippen molar-refractivity contribution in [1.29, 1.82) is 0 Å². The number of aromatic hydroxyl groups is 1. The average Bonchev–Trinajstić information content (AvgIpc) is 3.10. The van der Waals surface area contributed by atoms with E-state index < -0.39 is 0 Å². The summed E-state index contributed by atoms with van der Waals surface area (Å²) < 4.78 is 10.2. The number of ether oxygens (including phenoxy) is 1. The maximum Gasteiger partial charge on any atom is 0.291 e. The highest BCUT2D eigenvalue weighted by Gasteiger charge is 2.12. The third kappa shape index (κ3) is 4.27. The Morgan fingerprint density at radius 3 is 2.07 bits per heavy atom. The fraction of sp³-hybridized carbons (Fsp3) is 0.100. The van der Waals surface area contributed by atoms with E-state index in [1.54, 1.807) is 49.4 Å². The molecule has 3 rings (SSSR count). The monoisotopic (exact) mass is 366 g/mol. The summed E-state index contributed by atoms with van der Waals surface area (Å²) in [6.45, 7) is 1.76. The van der Waals surface area contributed by atoms with Crippen LogP contribution in [0.1, 0.15) is 26.7 Å². The first-order valence-corrected chi connectivity index (χ1v) is 8.12. The summed E-state index contributed by atoms with van der Waals surface area (Å²) in [4.78, 5) is 24.3. The SMILES string of the molecule is COc1ccc(C(=O)Nc2ccc(NC(=O)c3ccc(C)o3)cc2)cc1O. The van der Waals surface area contributed by atoms with Crippen LogP contribution in [-0.2, 0) is 0 Å². The van der Waals surface area contributed by atoms with E-state index in [1.165, 1.54) is 19.2 Å². The minimum Gasteiger partial charge on any atom is -0.504 e. The molecule has 7 heteroatoms. The van der Waals surface area contributed by atoms with Crippen LogP contribution in [0.3, 0.4) is 0 Å². The summed E-state index contributed by atoms with van der Waals surface area (Å²) in [6.07, 6.45) is 0. The Labute approximate surface area is 155 Å². The molecule has 0 saturated heterocycles. The zero-order valence-electron chi connectivity index (χ0n) is 14.8. The molecule has 0 atom stereocenters. The number of furan rings is 1. The van der Waals surface area contributed by atoms with E-state index >= 15 is 0 Å². The first-order valence-electron chi connectivity index (χ1n) is 8.12. The lowest BCUT2D eigenvalue weighted by atomic mass is 10.2. The summed E-state index contributed by atoms with van der Waals surface area (Å²) in [5.41, 5.74) is 1.40. The molecule has 0 unspecified atom stereocenters. The zero-order valence-corrected chi connectivity index (χ0v) is 14.8. The lowest BCUT2D eigenvalue weighted by molar-refractivity contribution is 0.0993. The minimum absolute atomic E-state index is 0.114. The van der Waals surface area contributed by atoms with Gasteiger partial charge >= 0.3 is 0 Å². The van der Waals surface area contributed by atoms with Crippen LogP contribution in [0.4, 0.5) is 11.4 Å². The van der Waals surface area contributed by atoms with Crippen LogP contribution in [0.15, 0.2) is 59.0 Å². The molecule has 138 valence electrons. The molecule has 0 aliphatic carbocycles. The highest BCUT2D eigenvalue weighted by Crippen LogP contribution is 2.26. The number of carbonyl (C=O) groups is 2. The normalized spacial score (nSPS) is 10.3. The predicted octanol–water partition coefficient (Wildman–Crippen LogP) is 3.81. The van der Waals surface area contributed by atoms with Crippen molar-refractivity contribution < 1.29 is 23.8 Å². The number of amides is 2. The van der Waals surface area contributed by atoms with Gasteiger partial charge in [-0.05, 0) is 61.5 Å². The fourth-order valence-electron chi connectivity index (χ4n) is 2.42. The van der Waals surface area contributed by atoms with Gasteiger partial charge in [-0.1, -0.05) is 0 Å². The lowest BCUT2D eigenvalue weighted by Gasteiger charge is -2.09. The van der Waals surface area contributed by atoms with E-state index in [0.717, 1.165) is 0 Å². The molecular formula is C20H18N2O5. The molecule has 0 fully saturated rings. The number of aryl methyl sites for hydroxylation is 1. The number of rotatable bonds is 5. The number of phenolic OH excluding ortho intramolecular Hbond substituents is 1. The van der Waals surface area contributed by atoms with Gasteiger partial charge in [-0.25, -0.2) is 0 Å². The molecule has 27 heavy (non-hydrogen) atoms. The Kier molecular flexibility index (Phi) is 5.12. The van der Waals surface area contributed by atoms with Crippen molar-refractivity contribution in [2.45, 2.75) is 6.92 Å². The van der Waals surface area contributed by atoms with Gasteiger partial charge in [0.2, 0.25) is 0 Å². The third-order valence-electron chi connectivity index (χ3n) is 3.81. The van der Waals surface area contributed by atoms with Gasteiger partial charge in [0, 0.05) is 16.9 Å². The van der Waals surface area contributed by atoms with Crippen LogP contribution in [0.2, 0.25) is 0 Å². The van der Waals surface area contributed by atoms with Gasteiger partial charge < -0.3 is 24.9 Å². The van der Waals surface area contributed by atoms with E-state index in [0.29, 0.717) is 28.4 Å². The van der Waals surface area contributed by atoms with Crippen molar-refractivity contribution in [3.05, 3.63) is 71.7 Å². The highest BCUT2D eigenvalue weighted by molar-refractivity contribution is 6.05. The van der Waals surface area contributed by atoms with Crippen LogP contribution in [0.5, 0.6) is 11.5 Å². The number of hydrogen-bond acceptors (Lipinski definition) is 5. The summed E-state index contributed by atoms with van der Waals surface area (Å²) in [6, 6.07) is 14.3. The summed E-state index contributed by atoms with van der Waals surface area (Å²) >= 11 is 0. The first kappa shape index (κ1) is 18.1. The topological polar surface area (TPSA) is 101 Å². The Morgan fingerprint density at radius 2 is 1.56 bits per heavy atom. The predicted molar refractivity (Wildman–Crippen MR) is 100 cm³/mol. The van der Waals surface area contributed by atoms with Crippen molar-refractivity contribution in [1.82, 2.24) is 0 Å². The number of anilines is 2. The standard InChI is InChI=1S/C20H18N2O5/c1-12-3-9-18(27-12)20(25)22-15-7-5-14(6-8-15)21-19(24)13-4-10-17(26-2)16(23)11-13/h3-11,23H,1-2H3,(H,21,24)(H,22,25). The molecule has 2 aromatic carbocycles. The number of carbonyl (C=O) groups excluding carboxylic acids is 2. The summed E-state index contributed by atoms with van der Waals surface area (Å²) in [5, 5.41) is 15.2. The molecule has 0 spiro atoms. The molecule has 0 radical (unpaired) electrons. The Hall–Kier alpha value is -3.74. The van der Waals surface area contributed by atoms with Gasteiger partial charge in [0.1, 0.15) is 5.76 Å². The van der Waals surface area contributed by atoms with E-state index in [9.17, 15) is 14.7 Å². The van der Waals surface area contributed by atoms with Gasteiger partial charge in [-0.15, -0.1) is 0 Å². The number of nitrogens with one attached hydrogen (secondary N) is 2. The molecule has 0 saturated carbocycles. The Morgan fingerprint density at radius 1 is 0.926 bits per heavy atom. The maximum absolute atomic E-state index is 12.3. The molecule has 2 amide bonds. The molecule has 0 aliphatic heterocycles. The largest absolute Gasteiger partial charge is 0.504 e. The van der Waals surface area contributed by atoms with Crippen molar-refractivity contribution in [2.75, 3.05) is 17.7 Å². The van der Waals surface area contributed by atoms with Crippen molar-refractivity contribution in [3.8, 4) is 11.5 Å². The van der Waals surface area contributed by atoms with E-state index in [2.05, 4.69) is 10.6 Å². The van der Waals surface area contributed by atoms with Crippen LogP contribution >= 0.6 is 0 Å². The molecule has 1 heterocycles. The molecule has 1 aromatic heterocycles. The number of hydrogen-bond donors (Lipinski definition) is 3. The van der Waals surface area contributed by atoms with Crippen molar-refractivity contribution >= 4 is 23.2 Å². The lowest BCUT2D eigenvalue weighted by Crippen LogP contribution is -2.13. The van der Waals surface area contributed by atoms with Gasteiger partial charge in [-0.3, -0.25) is 9.59 Å². The van der Waals surface area contributed by atoms with Crippen LogP contribution in [0, 0.1) is 6.92 Å². The molecular weight excluding hydrogens is 348 g/mol. The first-order chi connectivity index (χ1) is 13.0. The van der Waals surface area contributed by atoms with Crippen LogP contribution < -0.4 is 15.4 Å². The summed E-state index contributed by atoms with van der Waals surface area (Å²) in [7, 11) is 1.43. The number of phenols is 1. The van der Waals surface area contributed by atoms with Crippen molar-refractivity contribution in [2.24, 2.45) is 0 Å². The molecule has 7 nitrogen and oxygen atoms in total. The van der Waals surface area contributed by atoms with Crippen LogP contribution in [-0.4, -0.2) is 24.0 Å². The quantitative estimate of drug-likeness (QED) is 0.637. The van der Waals surface area contributed by atoms with Gasteiger partial charge in [0.05, 0.1) is 7.11 Å². The van der Waals surface area contributed by atoms with E-state index in [4.69, 9.17) is 9.15 Å². The number of benzene rings is 2. The maximum atomic E-state index is 12.3. The summed E-state index contributed by atoms with van der Waals surface area (Å²) in [5.74, 6) is 0.325. The Bertz CT molecular complexity index is 976. The molecule has 3 N–H and O–H groups in total. The molecule has 0 bridgehead atoms. The van der Waals surface area contributed by atoms with Gasteiger partial charge in [0.15, 0.2) is 17.3 Å².